The summed E-state index contributed by atoms with van der Waals surface area (Å²) in [5.74, 6) is 0.534. The summed E-state index contributed by atoms with van der Waals surface area (Å²) in [7, 11) is 1.62. The van der Waals surface area contributed by atoms with Gasteiger partial charge in [-0.2, -0.15) is 10.2 Å². The fourth-order valence-corrected chi connectivity index (χ4v) is 3.34. The first-order chi connectivity index (χ1) is 12.8. The summed E-state index contributed by atoms with van der Waals surface area (Å²) in [5.41, 5.74) is 4.26. The highest BCUT2D eigenvalue weighted by Gasteiger charge is 2.17. The highest BCUT2D eigenvalue weighted by molar-refractivity contribution is 5.93. The number of hydrogen-bond acceptors (Lipinski definition) is 4. The largest absolute Gasteiger partial charge is 0.496 e. The molecule has 7 nitrogen and oxygen atoms in total. The molecule has 0 radical (unpaired) electrons. The van der Waals surface area contributed by atoms with Gasteiger partial charge in [-0.05, 0) is 37.5 Å². The van der Waals surface area contributed by atoms with E-state index in [1.807, 2.05) is 35.1 Å². The Morgan fingerprint density at radius 2 is 2.23 bits per heavy atom. The van der Waals surface area contributed by atoms with Gasteiger partial charge in [0.15, 0.2) is 0 Å². The number of carbonyl (C=O) groups excluding carboxylic acids is 1. The molecule has 1 amide bonds. The van der Waals surface area contributed by atoms with Crippen LogP contribution in [0.25, 0.3) is 11.3 Å². The van der Waals surface area contributed by atoms with Crippen LogP contribution in [0.3, 0.4) is 0 Å². The van der Waals surface area contributed by atoms with Gasteiger partial charge in [0.1, 0.15) is 11.4 Å². The third kappa shape index (κ3) is 3.08. The molecule has 26 heavy (non-hydrogen) atoms. The topological polar surface area (TPSA) is 84.8 Å². The Hall–Kier alpha value is -3.09. The number of aryl methyl sites for hydroxylation is 1. The molecule has 0 atom stereocenters. The third-order valence-corrected chi connectivity index (χ3v) is 4.71. The zero-order valence-corrected chi connectivity index (χ0v) is 14.7. The first-order valence-corrected chi connectivity index (χ1v) is 8.77. The molecule has 134 valence electrons. The van der Waals surface area contributed by atoms with Crippen molar-refractivity contribution in [3.63, 3.8) is 0 Å². The van der Waals surface area contributed by atoms with E-state index in [1.165, 1.54) is 18.5 Å². The Balaban J connectivity index is 1.46. The number of nitrogens with one attached hydrogen (secondary N) is 2. The summed E-state index contributed by atoms with van der Waals surface area (Å²) in [5, 5.41) is 14.4. The zero-order valence-electron chi connectivity index (χ0n) is 14.7. The lowest BCUT2D eigenvalue weighted by atomic mass is 10.1. The van der Waals surface area contributed by atoms with Crippen molar-refractivity contribution in [3.05, 3.63) is 53.5 Å². The first-order valence-electron chi connectivity index (χ1n) is 8.77. The Morgan fingerprint density at radius 1 is 1.35 bits per heavy atom. The van der Waals surface area contributed by atoms with Crippen LogP contribution in [-0.2, 0) is 19.5 Å². The van der Waals surface area contributed by atoms with Gasteiger partial charge in [0.05, 0.1) is 19.0 Å². The van der Waals surface area contributed by atoms with Gasteiger partial charge in [-0.25, -0.2) is 0 Å². The van der Waals surface area contributed by atoms with Gasteiger partial charge < -0.3 is 10.1 Å². The summed E-state index contributed by atoms with van der Waals surface area (Å²) >= 11 is 0. The van der Waals surface area contributed by atoms with Crippen LogP contribution in [0.4, 0.5) is 0 Å². The van der Waals surface area contributed by atoms with E-state index < -0.39 is 0 Å². The third-order valence-electron chi connectivity index (χ3n) is 4.71. The minimum Gasteiger partial charge on any atom is -0.496 e. The molecule has 0 spiro atoms. The number of methoxy groups -OCH3 is 1. The number of ether oxygens (including phenoxy) is 1. The second kappa shape index (κ2) is 7.03. The molecule has 2 aromatic heterocycles. The van der Waals surface area contributed by atoms with Crippen molar-refractivity contribution in [2.75, 3.05) is 7.11 Å². The van der Waals surface area contributed by atoms with Crippen LogP contribution >= 0.6 is 0 Å². The van der Waals surface area contributed by atoms with Gasteiger partial charge in [-0.3, -0.25) is 14.6 Å². The predicted octanol–water partition coefficient (Wildman–Crippen LogP) is 2.55. The molecule has 0 saturated heterocycles. The number of aromatic amines is 1. The molecule has 3 aromatic rings. The van der Waals surface area contributed by atoms with E-state index in [-0.39, 0.29) is 5.91 Å². The molecule has 0 unspecified atom stereocenters. The van der Waals surface area contributed by atoms with Crippen molar-refractivity contribution in [1.29, 1.82) is 0 Å². The van der Waals surface area contributed by atoms with Crippen LogP contribution in [0.15, 0.2) is 36.5 Å². The molecule has 4 rings (SSSR count). The second-order valence-corrected chi connectivity index (χ2v) is 6.35. The molecule has 0 bridgehead atoms. The quantitative estimate of drug-likeness (QED) is 0.740. The zero-order chi connectivity index (χ0) is 17.9. The van der Waals surface area contributed by atoms with Gasteiger partial charge in [-0.1, -0.05) is 12.1 Å². The van der Waals surface area contributed by atoms with Crippen LogP contribution in [0, 0.1) is 0 Å². The molecule has 7 heteroatoms. The summed E-state index contributed by atoms with van der Waals surface area (Å²) < 4.78 is 7.40. The Bertz CT molecular complexity index is 928. The molecule has 0 aliphatic carbocycles. The summed E-state index contributed by atoms with van der Waals surface area (Å²) in [6.07, 6.45) is 5.22. The Morgan fingerprint density at radius 3 is 3.12 bits per heavy atom. The van der Waals surface area contributed by atoms with Crippen molar-refractivity contribution in [3.8, 4) is 17.0 Å². The second-order valence-electron chi connectivity index (χ2n) is 6.35. The lowest BCUT2D eigenvalue weighted by Crippen LogP contribution is -2.24. The van der Waals surface area contributed by atoms with Crippen LogP contribution in [0.2, 0.25) is 0 Å². The van der Waals surface area contributed by atoms with Crippen molar-refractivity contribution < 1.29 is 9.53 Å². The molecule has 1 aliphatic rings. The average Bonchev–Trinajstić information content (AvgIpc) is 3.33. The van der Waals surface area contributed by atoms with E-state index in [4.69, 9.17) is 4.74 Å². The van der Waals surface area contributed by atoms with E-state index in [0.717, 1.165) is 29.8 Å². The Kier molecular flexibility index (Phi) is 4.43. The van der Waals surface area contributed by atoms with Crippen LogP contribution in [0.5, 0.6) is 5.75 Å². The minimum absolute atomic E-state index is 0.186. The Labute approximate surface area is 151 Å². The molecule has 1 aromatic carbocycles. The average molecular weight is 351 g/mol. The molecule has 0 saturated carbocycles. The molecule has 0 fully saturated rings. The summed E-state index contributed by atoms with van der Waals surface area (Å²) in [6, 6.07) is 9.33. The number of carbonyl (C=O) groups is 1. The smallest absolute Gasteiger partial charge is 0.269 e. The number of hydrogen-bond donors (Lipinski definition) is 2. The number of para-hydroxylation sites is 1. The van der Waals surface area contributed by atoms with E-state index in [1.54, 1.807) is 13.2 Å². The predicted molar refractivity (Wildman–Crippen MR) is 96.9 cm³/mol. The van der Waals surface area contributed by atoms with Crippen LogP contribution in [0.1, 0.15) is 34.6 Å². The van der Waals surface area contributed by atoms with Crippen molar-refractivity contribution in [1.82, 2.24) is 25.3 Å². The normalized spacial score (nSPS) is 13.3. The number of rotatable bonds is 5. The number of nitrogens with zero attached hydrogens (tertiary/aromatic N) is 3. The fraction of sp³-hybridized carbons (Fsp3) is 0.316. The highest BCUT2D eigenvalue weighted by atomic mass is 16.5. The van der Waals surface area contributed by atoms with E-state index in [9.17, 15) is 4.79 Å². The number of aromatic nitrogens is 4. The maximum Gasteiger partial charge on any atom is 0.269 e. The van der Waals surface area contributed by atoms with Crippen molar-refractivity contribution in [2.45, 2.75) is 32.4 Å². The highest BCUT2D eigenvalue weighted by Crippen LogP contribution is 2.28. The summed E-state index contributed by atoms with van der Waals surface area (Å²) in [6.45, 7) is 1.43. The molecular weight excluding hydrogens is 330 g/mol. The molecule has 2 N–H and O–H groups in total. The van der Waals surface area contributed by atoms with E-state index >= 15 is 0 Å². The van der Waals surface area contributed by atoms with Gasteiger partial charge >= 0.3 is 0 Å². The van der Waals surface area contributed by atoms with Crippen LogP contribution in [-0.4, -0.2) is 33.0 Å². The van der Waals surface area contributed by atoms with Crippen molar-refractivity contribution >= 4 is 5.91 Å². The van der Waals surface area contributed by atoms with Crippen molar-refractivity contribution in [2.24, 2.45) is 0 Å². The SMILES string of the molecule is COc1ccccc1-c1cc(C(=O)NCc2cnn3c2CCCC3)[nH]n1. The van der Waals surface area contributed by atoms with Gasteiger partial charge in [0, 0.05) is 29.9 Å². The van der Waals surface area contributed by atoms with Gasteiger partial charge in [0.2, 0.25) is 0 Å². The number of H-pyrrole nitrogens is 1. The molecule has 1 aliphatic heterocycles. The first kappa shape index (κ1) is 16.4. The fourth-order valence-electron chi connectivity index (χ4n) is 3.34. The number of amides is 1. The minimum atomic E-state index is -0.186. The number of benzene rings is 1. The van der Waals surface area contributed by atoms with Gasteiger partial charge in [0.25, 0.3) is 5.91 Å². The number of fused-ring (bicyclic) bond motifs is 1. The molecular formula is C19H21N5O2. The lowest BCUT2D eigenvalue weighted by Gasteiger charge is -2.14. The molecule has 3 heterocycles. The summed E-state index contributed by atoms with van der Waals surface area (Å²) in [4.78, 5) is 12.5. The van der Waals surface area contributed by atoms with E-state index in [0.29, 0.717) is 17.9 Å². The van der Waals surface area contributed by atoms with E-state index in [2.05, 4.69) is 20.6 Å². The standard InChI is InChI=1S/C19H21N5O2/c1-26-18-8-3-2-6-14(18)15-10-16(23-22-15)19(25)20-11-13-12-21-24-9-5-4-7-17(13)24/h2-3,6,8,10,12H,4-5,7,9,11H2,1H3,(H,20,25)(H,22,23). The van der Waals surface area contributed by atoms with Crippen LogP contribution < -0.4 is 10.1 Å². The maximum atomic E-state index is 12.5. The van der Waals surface area contributed by atoms with Gasteiger partial charge in [-0.15, -0.1) is 0 Å². The maximum absolute atomic E-state index is 12.5. The monoisotopic (exact) mass is 351 g/mol. The lowest BCUT2D eigenvalue weighted by molar-refractivity contribution is 0.0946.